The molecule has 0 saturated heterocycles. The lowest BCUT2D eigenvalue weighted by Gasteiger charge is -2.09. The largest absolute Gasteiger partial charge is 0.364 e. The molecule has 0 aliphatic carbocycles. The van der Waals surface area contributed by atoms with Crippen molar-refractivity contribution in [1.29, 1.82) is 0 Å². The first-order valence-electron chi connectivity index (χ1n) is 4.02. The average Bonchev–Trinajstić information content (AvgIpc) is 2.02. The van der Waals surface area contributed by atoms with Gasteiger partial charge in [-0.05, 0) is 29.8 Å². The van der Waals surface area contributed by atoms with Crippen LogP contribution in [-0.4, -0.2) is 16.0 Å². The molecule has 0 bridgehead atoms. The molecule has 0 fully saturated rings. The Morgan fingerprint density at radius 2 is 2.31 bits per heavy atom. The molecule has 1 atom stereocenters. The molecule has 0 saturated carbocycles. The Morgan fingerprint density at radius 3 is 2.85 bits per heavy atom. The van der Waals surface area contributed by atoms with Crippen LogP contribution in [0.15, 0.2) is 23.3 Å². The molecule has 0 spiro atoms. The monoisotopic (exact) mass is 241 g/mol. The summed E-state index contributed by atoms with van der Waals surface area (Å²) in [6, 6.07) is 2.05. The van der Waals surface area contributed by atoms with Gasteiger partial charge in [-0.25, -0.2) is 9.97 Å². The van der Waals surface area contributed by atoms with E-state index in [0.29, 0.717) is 0 Å². The standard InChI is InChI=1S/C9H12BrN3/c1-4-6(2)11-9-5-8(10)12-7(3)13-9/h4-6H,1H2,2-3H3,(H,11,12,13). The van der Waals surface area contributed by atoms with E-state index in [1.54, 1.807) is 0 Å². The van der Waals surface area contributed by atoms with Gasteiger partial charge < -0.3 is 5.32 Å². The Labute approximate surface area is 86.4 Å². The molecule has 0 aliphatic heterocycles. The van der Waals surface area contributed by atoms with Gasteiger partial charge in [-0.1, -0.05) is 6.08 Å². The molecule has 1 aromatic heterocycles. The lowest BCUT2D eigenvalue weighted by atomic mass is 10.3. The maximum atomic E-state index is 4.22. The quantitative estimate of drug-likeness (QED) is 0.653. The number of hydrogen-bond donors (Lipinski definition) is 1. The van der Waals surface area contributed by atoms with Gasteiger partial charge in [0.2, 0.25) is 0 Å². The summed E-state index contributed by atoms with van der Waals surface area (Å²) in [5, 5.41) is 3.17. The van der Waals surface area contributed by atoms with Crippen LogP contribution in [0.4, 0.5) is 5.82 Å². The van der Waals surface area contributed by atoms with Crippen LogP contribution < -0.4 is 5.32 Å². The zero-order valence-electron chi connectivity index (χ0n) is 7.71. The summed E-state index contributed by atoms with van der Waals surface area (Å²) in [6.07, 6.45) is 1.82. The summed E-state index contributed by atoms with van der Waals surface area (Å²) in [4.78, 5) is 8.33. The Balaban J connectivity index is 2.82. The van der Waals surface area contributed by atoms with E-state index in [2.05, 4.69) is 37.8 Å². The van der Waals surface area contributed by atoms with Gasteiger partial charge in [-0.3, -0.25) is 0 Å². The molecule has 1 unspecified atom stereocenters. The van der Waals surface area contributed by atoms with Crippen LogP contribution in [0.2, 0.25) is 0 Å². The Hall–Kier alpha value is -0.900. The zero-order valence-corrected chi connectivity index (χ0v) is 9.30. The Kier molecular flexibility index (Phi) is 3.42. The first-order chi connectivity index (χ1) is 6.11. The van der Waals surface area contributed by atoms with Crippen LogP contribution in [0.25, 0.3) is 0 Å². The fourth-order valence-electron chi connectivity index (χ4n) is 0.897. The van der Waals surface area contributed by atoms with Crippen molar-refractivity contribution in [2.24, 2.45) is 0 Å². The summed E-state index contributed by atoms with van der Waals surface area (Å²) in [5.41, 5.74) is 0. The highest BCUT2D eigenvalue weighted by atomic mass is 79.9. The summed E-state index contributed by atoms with van der Waals surface area (Å²) >= 11 is 3.31. The van der Waals surface area contributed by atoms with Gasteiger partial charge in [0.1, 0.15) is 16.2 Å². The van der Waals surface area contributed by atoms with Crippen molar-refractivity contribution in [2.45, 2.75) is 19.9 Å². The van der Waals surface area contributed by atoms with E-state index >= 15 is 0 Å². The molecule has 13 heavy (non-hydrogen) atoms. The first kappa shape index (κ1) is 10.2. The Morgan fingerprint density at radius 1 is 1.62 bits per heavy atom. The molecule has 0 radical (unpaired) electrons. The normalized spacial score (nSPS) is 12.2. The number of hydrogen-bond acceptors (Lipinski definition) is 3. The molecule has 4 heteroatoms. The summed E-state index contributed by atoms with van der Waals surface area (Å²) in [5.74, 6) is 1.56. The van der Waals surface area contributed by atoms with Crippen molar-refractivity contribution in [3.63, 3.8) is 0 Å². The summed E-state index contributed by atoms with van der Waals surface area (Å²) < 4.78 is 0.791. The molecule has 1 heterocycles. The third kappa shape index (κ3) is 3.14. The number of aromatic nitrogens is 2. The smallest absolute Gasteiger partial charge is 0.131 e. The molecule has 1 aromatic rings. The highest BCUT2D eigenvalue weighted by Gasteiger charge is 2.00. The van der Waals surface area contributed by atoms with Gasteiger partial charge in [0.25, 0.3) is 0 Å². The van der Waals surface area contributed by atoms with E-state index in [1.165, 1.54) is 0 Å². The number of anilines is 1. The van der Waals surface area contributed by atoms with E-state index in [0.717, 1.165) is 16.2 Å². The predicted octanol–water partition coefficient (Wildman–Crippen LogP) is 2.53. The van der Waals surface area contributed by atoms with Crippen LogP contribution in [0.5, 0.6) is 0 Å². The minimum absolute atomic E-state index is 0.209. The van der Waals surface area contributed by atoms with Crippen molar-refractivity contribution in [2.75, 3.05) is 5.32 Å². The van der Waals surface area contributed by atoms with Crippen molar-refractivity contribution in [3.05, 3.63) is 29.1 Å². The highest BCUT2D eigenvalue weighted by Crippen LogP contribution is 2.12. The van der Waals surface area contributed by atoms with E-state index in [-0.39, 0.29) is 6.04 Å². The third-order valence-corrected chi connectivity index (χ3v) is 1.94. The second-order valence-corrected chi connectivity index (χ2v) is 3.60. The molecular weight excluding hydrogens is 230 g/mol. The number of nitrogens with one attached hydrogen (secondary N) is 1. The molecule has 70 valence electrons. The van der Waals surface area contributed by atoms with E-state index in [1.807, 2.05) is 26.0 Å². The molecule has 3 nitrogen and oxygen atoms in total. The second kappa shape index (κ2) is 4.37. The van der Waals surface area contributed by atoms with E-state index in [4.69, 9.17) is 0 Å². The minimum Gasteiger partial charge on any atom is -0.364 e. The zero-order chi connectivity index (χ0) is 9.84. The topological polar surface area (TPSA) is 37.8 Å². The predicted molar refractivity (Wildman–Crippen MR) is 57.8 cm³/mol. The van der Waals surface area contributed by atoms with Gasteiger partial charge in [0.05, 0.1) is 0 Å². The maximum absolute atomic E-state index is 4.22. The van der Waals surface area contributed by atoms with Crippen LogP contribution >= 0.6 is 15.9 Å². The number of rotatable bonds is 3. The lowest BCUT2D eigenvalue weighted by molar-refractivity contribution is 0.953. The molecule has 1 N–H and O–H groups in total. The van der Waals surface area contributed by atoms with Gasteiger partial charge in [0, 0.05) is 12.1 Å². The molecular formula is C9H12BrN3. The van der Waals surface area contributed by atoms with Gasteiger partial charge >= 0.3 is 0 Å². The highest BCUT2D eigenvalue weighted by molar-refractivity contribution is 9.10. The summed E-state index contributed by atoms with van der Waals surface area (Å²) in [6.45, 7) is 7.55. The minimum atomic E-state index is 0.209. The average molecular weight is 242 g/mol. The fraction of sp³-hybridized carbons (Fsp3) is 0.333. The van der Waals surface area contributed by atoms with Gasteiger partial charge in [0.15, 0.2) is 0 Å². The second-order valence-electron chi connectivity index (χ2n) is 2.79. The van der Waals surface area contributed by atoms with Crippen molar-refractivity contribution < 1.29 is 0 Å². The van der Waals surface area contributed by atoms with E-state index in [9.17, 15) is 0 Å². The van der Waals surface area contributed by atoms with Crippen LogP contribution in [0.3, 0.4) is 0 Å². The van der Waals surface area contributed by atoms with Crippen molar-refractivity contribution >= 4 is 21.7 Å². The molecule has 0 aromatic carbocycles. The number of aryl methyl sites for hydroxylation is 1. The number of halogens is 1. The molecule has 0 aliphatic rings. The molecule has 0 amide bonds. The summed E-state index contributed by atoms with van der Waals surface area (Å²) in [7, 11) is 0. The maximum Gasteiger partial charge on any atom is 0.131 e. The number of nitrogens with zero attached hydrogens (tertiary/aromatic N) is 2. The first-order valence-corrected chi connectivity index (χ1v) is 4.81. The lowest BCUT2D eigenvalue weighted by Crippen LogP contribution is -2.13. The van der Waals surface area contributed by atoms with Gasteiger partial charge in [-0.15, -0.1) is 6.58 Å². The third-order valence-electron chi connectivity index (χ3n) is 1.54. The fourth-order valence-corrected chi connectivity index (χ4v) is 1.37. The van der Waals surface area contributed by atoms with Crippen LogP contribution in [-0.2, 0) is 0 Å². The van der Waals surface area contributed by atoms with Gasteiger partial charge in [-0.2, -0.15) is 0 Å². The van der Waals surface area contributed by atoms with Crippen molar-refractivity contribution in [1.82, 2.24) is 9.97 Å². The van der Waals surface area contributed by atoms with Crippen LogP contribution in [0.1, 0.15) is 12.7 Å². The van der Waals surface area contributed by atoms with E-state index < -0.39 is 0 Å². The SMILES string of the molecule is C=CC(C)Nc1cc(Br)nc(C)n1. The van der Waals surface area contributed by atoms with Crippen LogP contribution in [0, 0.1) is 6.92 Å². The molecule has 1 rings (SSSR count). The van der Waals surface area contributed by atoms with Crippen molar-refractivity contribution in [3.8, 4) is 0 Å². The Bertz CT molecular complexity index is 291.